The predicted molar refractivity (Wildman–Crippen MR) is 70.0 cm³/mol. The molecule has 0 aliphatic carbocycles. The number of hydrogen-bond donors (Lipinski definition) is 1. The molecule has 0 radical (unpaired) electrons. The van der Waals surface area contributed by atoms with Gasteiger partial charge in [0.1, 0.15) is 5.82 Å². The average Bonchev–Trinajstić information content (AvgIpc) is 2.74. The maximum Gasteiger partial charge on any atom is 0.123 e. The Hall–Kier alpha value is -1.33. The van der Waals surface area contributed by atoms with Crippen molar-refractivity contribution in [1.82, 2.24) is 9.78 Å². The molecule has 2 rings (SSSR count). The molecule has 1 N–H and O–H groups in total. The topological polar surface area (TPSA) is 38.0 Å². The third-order valence-corrected chi connectivity index (χ3v) is 3.64. The Morgan fingerprint density at radius 2 is 2.11 bits per heavy atom. The highest BCUT2D eigenvalue weighted by molar-refractivity contribution is 7.99. The minimum atomic E-state index is -0.427. The van der Waals surface area contributed by atoms with Crippen LogP contribution in [0.4, 0.5) is 4.39 Å². The van der Waals surface area contributed by atoms with Crippen molar-refractivity contribution < 1.29 is 9.50 Å². The summed E-state index contributed by atoms with van der Waals surface area (Å²) in [5.74, 6) is 0.343. The second-order valence-electron chi connectivity index (χ2n) is 4.15. The van der Waals surface area contributed by atoms with Crippen LogP contribution in [0.5, 0.6) is 0 Å². The summed E-state index contributed by atoms with van der Waals surface area (Å²) in [5, 5.41) is 14.0. The molecule has 0 fully saturated rings. The molecule has 3 nitrogen and oxygen atoms in total. The van der Waals surface area contributed by atoms with Crippen LogP contribution in [-0.4, -0.2) is 26.7 Å². The van der Waals surface area contributed by atoms with Gasteiger partial charge in [0.05, 0.1) is 12.3 Å². The maximum absolute atomic E-state index is 12.7. The van der Waals surface area contributed by atoms with Crippen molar-refractivity contribution in [3.05, 3.63) is 48.0 Å². The summed E-state index contributed by atoms with van der Waals surface area (Å²) in [7, 11) is 1.85. The van der Waals surface area contributed by atoms with Crippen LogP contribution in [0.2, 0.25) is 0 Å². The smallest absolute Gasteiger partial charge is 0.123 e. The first-order valence-electron chi connectivity index (χ1n) is 5.67. The molecule has 18 heavy (non-hydrogen) atoms. The Morgan fingerprint density at radius 3 is 2.72 bits per heavy atom. The van der Waals surface area contributed by atoms with Gasteiger partial charge < -0.3 is 5.11 Å². The molecule has 0 bridgehead atoms. The Bertz CT molecular complexity index is 498. The molecule has 1 aromatic carbocycles. The largest absolute Gasteiger partial charge is 0.392 e. The van der Waals surface area contributed by atoms with Gasteiger partial charge in [-0.05, 0) is 29.8 Å². The third kappa shape index (κ3) is 3.85. The Labute approximate surface area is 110 Å². The van der Waals surface area contributed by atoms with Crippen molar-refractivity contribution in [3.63, 3.8) is 0 Å². The molecule has 96 valence electrons. The summed E-state index contributed by atoms with van der Waals surface area (Å²) in [5.41, 5.74) is 1.02. The van der Waals surface area contributed by atoms with Crippen molar-refractivity contribution in [2.24, 2.45) is 7.05 Å². The predicted octanol–water partition coefficient (Wildman–Crippen LogP) is 2.25. The number of halogens is 1. The van der Waals surface area contributed by atoms with Crippen molar-refractivity contribution in [2.75, 3.05) is 5.75 Å². The lowest BCUT2D eigenvalue weighted by molar-refractivity contribution is 0.200. The number of aliphatic hydroxyl groups is 1. The van der Waals surface area contributed by atoms with E-state index in [9.17, 15) is 9.50 Å². The van der Waals surface area contributed by atoms with E-state index in [2.05, 4.69) is 5.10 Å². The first-order valence-corrected chi connectivity index (χ1v) is 6.66. The molecule has 0 saturated heterocycles. The number of aryl methyl sites for hydroxylation is 1. The van der Waals surface area contributed by atoms with Crippen LogP contribution < -0.4 is 0 Å². The van der Waals surface area contributed by atoms with Crippen LogP contribution in [0.3, 0.4) is 0 Å². The molecule has 0 aliphatic heterocycles. The van der Waals surface area contributed by atoms with E-state index < -0.39 is 6.10 Å². The lowest BCUT2D eigenvalue weighted by Gasteiger charge is -2.08. The first kappa shape index (κ1) is 13.1. The number of thioether (sulfide) groups is 1. The molecule has 2 aromatic rings. The number of rotatable bonds is 5. The van der Waals surface area contributed by atoms with Gasteiger partial charge in [-0.1, -0.05) is 0 Å². The SMILES string of the molecule is Cn1cc(CC(O)CSc2ccc(F)cc2)cn1. The van der Waals surface area contributed by atoms with Gasteiger partial charge in [0.25, 0.3) is 0 Å². The van der Waals surface area contributed by atoms with Crippen molar-refractivity contribution in [1.29, 1.82) is 0 Å². The van der Waals surface area contributed by atoms with Gasteiger partial charge >= 0.3 is 0 Å². The number of aliphatic hydroxyl groups excluding tert-OH is 1. The highest BCUT2D eigenvalue weighted by atomic mass is 32.2. The summed E-state index contributed by atoms with van der Waals surface area (Å²) in [6.45, 7) is 0. The average molecular weight is 266 g/mol. The van der Waals surface area contributed by atoms with Gasteiger partial charge in [0.2, 0.25) is 0 Å². The monoisotopic (exact) mass is 266 g/mol. The van der Waals surface area contributed by atoms with Crippen LogP contribution in [0.1, 0.15) is 5.56 Å². The minimum Gasteiger partial charge on any atom is -0.392 e. The Kier molecular flexibility index (Phi) is 4.38. The van der Waals surface area contributed by atoms with E-state index in [0.717, 1.165) is 10.5 Å². The number of nitrogens with zero attached hydrogens (tertiary/aromatic N) is 2. The van der Waals surface area contributed by atoms with E-state index in [0.29, 0.717) is 12.2 Å². The second kappa shape index (κ2) is 6.02. The molecule has 1 unspecified atom stereocenters. The van der Waals surface area contributed by atoms with Gasteiger partial charge in [0, 0.05) is 30.3 Å². The summed E-state index contributed by atoms with van der Waals surface area (Å²) in [6, 6.07) is 6.29. The first-order chi connectivity index (χ1) is 8.63. The summed E-state index contributed by atoms with van der Waals surface area (Å²) < 4.78 is 14.4. The fourth-order valence-corrected chi connectivity index (χ4v) is 2.46. The van der Waals surface area contributed by atoms with Gasteiger partial charge in [-0.2, -0.15) is 5.10 Å². The number of hydrogen-bond acceptors (Lipinski definition) is 3. The van der Waals surface area contributed by atoms with Gasteiger partial charge in [-0.15, -0.1) is 11.8 Å². The molecule has 0 spiro atoms. The number of aromatic nitrogens is 2. The highest BCUT2D eigenvalue weighted by Crippen LogP contribution is 2.20. The minimum absolute atomic E-state index is 0.241. The summed E-state index contributed by atoms with van der Waals surface area (Å²) in [4.78, 5) is 0.960. The van der Waals surface area contributed by atoms with Crippen molar-refractivity contribution in [2.45, 2.75) is 17.4 Å². The summed E-state index contributed by atoms with van der Waals surface area (Å²) in [6.07, 6.45) is 3.81. The van der Waals surface area contributed by atoms with Gasteiger partial charge in [-0.3, -0.25) is 4.68 Å². The van der Waals surface area contributed by atoms with Crippen molar-refractivity contribution >= 4 is 11.8 Å². The molecular weight excluding hydrogens is 251 g/mol. The van der Waals surface area contributed by atoms with Crippen LogP contribution in [0, 0.1) is 5.82 Å². The zero-order valence-electron chi connectivity index (χ0n) is 10.1. The lowest BCUT2D eigenvalue weighted by Crippen LogP contribution is -2.13. The number of benzene rings is 1. The van der Waals surface area contributed by atoms with E-state index in [1.165, 1.54) is 23.9 Å². The van der Waals surface area contributed by atoms with Crippen LogP contribution in [0.15, 0.2) is 41.6 Å². The van der Waals surface area contributed by atoms with E-state index in [1.807, 2.05) is 13.2 Å². The zero-order chi connectivity index (χ0) is 13.0. The molecule has 0 amide bonds. The Balaban J connectivity index is 1.81. The fourth-order valence-electron chi connectivity index (χ4n) is 1.63. The van der Waals surface area contributed by atoms with E-state index in [-0.39, 0.29) is 5.82 Å². The molecular formula is C13H15FN2OS. The molecule has 0 aliphatic rings. The highest BCUT2D eigenvalue weighted by Gasteiger charge is 2.08. The van der Waals surface area contributed by atoms with Crippen LogP contribution in [0.25, 0.3) is 0 Å². The van der Waals surface area contributed by atoms with Crippen LogP contribution in [-0.2, 0) is 13.5 Å². The molecule has 0 saturated carbocycles. The molecule has 1 aromatic heterocycles. The van der Waals surface area contributed by atoms with E-state index in [4.69, 9.17) is 0 Å². The van der Waals surface area contributed by atoms with E-state index in [1.54, 1.807) is 23.0 Å². The van der Waals surface area contributed by atoms with E-state index >= 15 is 0 Å². The quantitative estimate of drug-likeness (QED) is 0.844. The fraction of sp³-hybridized carbons (Fsp3) is 0.308. The molecule has 1 heterocycles. The van der Waals surface area contributed by atoms with Gasteiger partial charge in [-0.25, -0.2) is 4.39 Å². The maximum atomic E-state index is 12.7. The standard InChI is InChI=1S/C13H15FN2OS/c1-16-8-10(7-15-16)6-12(17)9-18-13-4-2-11(14)3-5-13/h2-5,7-8,12,17H,6,9H2,1H3. The summed E-state index contributed by atoms with van der Waals surface area (Å²) >= 11 is 1.52. The lowest BCUT2D eigenvalue weighted by atomic mass is 10.2. The van der Waals surface area contributed by atoms with Crippen molar-refractivity contribution in [3.8, 4) is 0 Å². The third-order valence-electron chi connectivity index (χ3n) is 2.49. The molecule has 5 heteroatoms. The Morgan fingerprint density at radius 1 is 1.39 bits per heavy atom. The van der Waals surface area contributed by atoms with Gasteiger partial charge in [0.15, 0.2) is 0 Å². The normalized spacial score (nSPS) is 12.6. The zero-order valence-corrected chi connectivity index (χ0v) is 10.9. The molecule has 1 atom stereocenters. The second-order valence-corrected chi connectivity index (χ2v) is 5.24. The van der Waals surface area contributed by atoms with Crippen LogP contribution >= 0.6 is 11.8 Å².